The van der Waals surface area contributed by atoms with Crippen LogP contribution in [-0.4, -0.2) is 30.8 Å². The third-order valence-electron chi connectivity index (χ3n) is 0.795. The molecule has 0 N–H and O–H groups in total. The molecule has 0 spiro atoms. The lowest BCUT2D eigenvalue weighted by molar-refractivity contribution is 0.269. The zero-order valence-corrected chi connectivity index (χ0v) is 6.99. The smallest absolute Gasteiger partial charge is 0.258 e. The number of nitrogens with zero attached hydrogens (tertiary/aromatic N) is 1. The van der Waals surface area contributed by atoms with Gasteiger partial charge in [0, 0.05) is 14.1 Å². The summed E-state index contributed by atoms with van der Waals surface area (Å²) in [6.45, 7) is 2.77. The molecule has 0 heterocycles. The number of ether oxygens (including phenoxy) is 1. The second-order valence-electron chi connectivity index (χ2n) is 2.01. The molecule has 0 aliphatic rings. The van der Waals surface area contributed by atoms with E-state index in [-0.39, 0.29) is 0 Å². The summed E-state index contributed by atoms with van der Waals surface area (Å²) >= 11 is 4.85. The molecule has 0 radical (unpaired) electrons. The predicted octanol–water partition coefficient (Wildman–Crippen LogP) is 1.26. The average molecular weight is 147 g/mol. The standard InChI is InChI=1S/C6H13NOS/c1-4-5-8-6(9)7(2)3/h4-5H2,1-3H3. The van der Waals surface area contributed by atoms with Gasteiger partial charge >= 0.3 is 0 Å². The molecular weight excluding hydrogens is 134 g/mol. The van der Waals surface area contributed by atoms with Gasteiger partial charge in [0.05, 0.1) is 6.61 Å². The van der Waals surface area contributed by atoms with Gasteiger partial charge in [-0.25, -0.2) is 0 Å². The molecule has 0 aromatic rings. The lowest BCUT2D eigenvalue weighted by Crippen LogP contribution is -2.22. The molecular formula is C6H13NOS. The topological polar surface area (TPSA) is 12.5 Å². The minimum absolute atomic E-state index is 0.567. The van der Waals surface area contributed by atoms with E-state index in [4.69, 9.17) is 17.0 Å². The highest BCUT2D eigenvalue weighted by Crippen LogP contribution is 1.87. The molecule has 0 unspecified atom stereocenters. The van der Waals surface area contributed by atoms with Gasteiger partial charge in [-0.3, -0.25) is 0 Å². The summed E-state index contributed by atoms with van der Waals surface area (Å²) in [4.78, 5) is 1.78. The van der Waals surface area contributed by atoms with Crippen LogP contribution >= 0.6 is 12.2 Å². The largest absolute Gasteiger partial charge is 0.471 e. The Morgan fingerprint density at radius 3 is 2.44 bits per heavy atom. The van der Waals surface area contributed by atoms with E-state index < -0.39 is 0 Å². The molecule has 0 aliphatic carbocycles. The highest BCUT2D eigenvalue weighted by molar-refractivity contribution is 7.80. The normalized spacial score (nSPS) is 8.78. The maximum Gasteiger partial charge on any atom is 0.258 e. The maximum absolute atomic E-state index is 5.11. The van der Waals surface area contributed by atoms with E-state index in [1.165, 1.54) is 0 Å². The van der Waals surface area contributed by atoms with Crippen LogP contribution in [0.2, 0.25) is 0 Å². The van der Waals surface area contributed by atoms with Gasteiger partial charge in [0.25, 0.3) is 5.17 Å². The van der Waals surface area contributed by atoms with Crippen molar-refractivity contribution in [2.24, 2.45) is 0 Å². The molecule has 0 amide bonds. The zero-order valence-electron chi connectivity index (χ0n) is 6.18. The Morgan fingerprint density at radius 2 is 2.11 bits per heavy atom. The van der Waals surface area contributed by atoms with Crippen molar-refractivity contribution in [3.8, 4) is 0 Å². The van der Waals surface area contributed by atoms with Gasteiger partial charge in [-0.2, -0.15) is 0 Å². The summed E-state index contributed by atoms with van der Waals surface area (Å²) in [6, 6.07) is 0. The second kappa shape index (κ2) is 4.56. The van der Waals surface area contributed by atoms with Gasteiger partial charge in [-0.1, -0.05) is 6.92 Å². The molecule has 54 valence electrons. The van der Waals surface area contributed by atoms with Crippen LogP contribution in [0.15, 0.2) is 0 Å². The van der Waals surface area contributed by atoms with Crippen molar-refractivity contribution in [2.75, 3.05) is 20.7 Å². The van der Waals surface area contributed by atoms with Crippen molar-refractivity contribution < 1.29 is 4.74 Å². The number of rotatable bonds is 2. The van der Waals surface area contributed by atoms with Gasteiger partial charge < -0.3 is 9.64 Å². The van der Waals surface area contributed by atoms with E-state index in [1.54, 1.807) is 4.90 Å². The highest BCUT2D eigenvalue weighted by Gasteiger charge is 1.95. The summed E-state index contributed by atoms with van der Waals surface area (Å²) in [7, 11) is 3.75. The van der Waals surface area contributed by atoms with E-state index in [2.05, 4.69) is 6.92 Å². The minimum atomic E-state index is 0.567. The fourth-order valence-corrected chi connectivity index (χ4v) is 0.402. The molecule has 0 aliphatic heterocycles. The Kier molecular flexibility index (Phi) is 4.40. The Labute approximate surface area is 61.8 Å². The first-order valence-electron chi connectivity index (χ1n) is 3.02. The van der Waals surface area contributed by atoms with Crippen molar-refractivity contribution in [3.63, 3.8) is 0 Å². The molecule has 0 saturated carbocycles. The summed E-state index contributed by atoms with van der Waals surface area (Å²) in [5.74, 6) is 0. The van der Waals surface area contributed by atoms with Crippen molar-refractivity contribution in [1.82, 2.24) is 4.90 Å². The first-order chi connectivity index (χ1) is 4.18. The Balaban J connectivity index is 3.28. The lowest BCUT2D eigenvalue weighted by atomic mass is 10.5. The van der Waals surface area contributed by atoms with E-state index in [1.807, 2.05) is 14.1 Å². The highest BCUT2D eigenvalue weighted by atomic mass is 32.1. The number of hydrogen-bond acceptors (Lipinski definition) is 2. The lowest BCUT2D eigenvalue weighted by Gasteiger charge is -2.13. The Bertz CT molecular complexity index is 93.1. The molecule has 0 rings (SSSR count). The number of hydrogen-bond donors (Lipinski definition) is 0. The first-order valence-corrected chi connectivity index (χ1v) is 3.43. The third-order valence-corrected chi connectivity index (χ3v) is 1.28. The first kappa shape index (κ1) is 8.69. The predicted molar refractivity (Wildman–Crippen MR) is 42.5 cm³/mol. The van der Waals surface area contributed by atoms with E-state index in [0.29, 0.717) is 5.17 Å². The van der Waals surface area contributed by atoms with Crippen LogP contribution < -0.4 is 0 Å². The second-order valence-corrected chi connectivity index (χ2v) is 2.36. The summed E-state index contributed by atoms with van der Waals surface area (Å²) in [5.41, 5.74) is 0. The van der Waals surface area contributed by atoms with Gasteiger partial charge in [-0.15, -0.1) is 0 Å². The summed E-state index contributed by atoms with van der Waals surface area (Å²) in [6.07, 6.45) is 1.01. The quantitative estimate of drug-likeness (QED) is 0.546. The average Bonchev–Trinajstić information content (AvgIpc) is 1.82. The summed E-state index contributed by atoms with van der Waals surface area (Å²) in [5, 5.41) is 0.567. The fraction of sp³-hybridized carbons (Fsp3) is 0.833. The van der Waals surface area contributed by atoms with Gasteiger partial charge in [0.15, 0.2) is 0 Å². The monoisotopic (exact) mass is 147 g/mol. The summed E-state index contributed by atoms with van der Waals surface area (Å²) < 4.78 is 5.11. The molecule has 0 atom stereocenters. The molecule has 0 aromatic carbocycles. The molecule has 3 heteroatoms. The van der Waals surface area contributed by atoms with Gasteiger partial charge in [0.2, 0.25) is 0 Å². The fourth-order valence-electron chi connectivity index (χ4n) is 0.318. The SMILES string of the molecule is CCCOC(=S)N(C)C. The Morgan fingerprint density at radius 1 is 1.56 bits per heavy atom. The minimum Gasteiger partial charge on any atom is -0.471 e. The van der Waals surface area contributed by atoms with E-state index in [0.717, 1.165) is 13.0 Å². The Hall–Kier alpha value is -0.310. The van der Waals surface area contributed by atoms with Crippen molar-refractivity contribution in [3.05, 3.63) is 0 Å². The van der Waals surface area contributed by atoms with Crippen molar-refractivity contribution in [2.45, 2.75) is 13.3 Å². The number of thiocarbonyl (C=S) groups is 1. The molecule has 0 aromatic heterocycles. The molecule has 0 saturated heterocycles. The van der Waals surface area contributed by atoms with Gasteiger partial charge in [0.1, 0.15) is 0 Å². The van der Waals surface area contributed by atoms with Crippen LogP contribution in [0.5, 0.6) is 0 Å². The van der Waals surface area contributed by atoms with Crippen LogP contribution in [0, 0.1) is 0 Å². The van der Waals surface area contributed by atoms with Crippen LogP contribution in [0.1, 0.15) is 13.3 Å². The molecule has 2 nitrogen and oxygen atoms in total. The van der Waals surface area contributed by atoms with Crippen LogP contribution in [0.25, 0.3) is 0 Å². The third kappa shape index (κ3) is 4.21. The van der Waals surface area contributed by atoms with Crippen molar-refractivity contribution in [1.29, 1.82) is 0 Å². The van der Waals surface area contributed by atoms with Gasteiger partial charge in [-0.05, 0) is 18.6 Å². The van der Waals surface area contributed by atoms with Crippen molar-refractivity contribution >= 4 is 17.4 Å². The molecule has 0 fully saturated rings. The van der Waals surface area contributed by atoms with Crippen LogP contribution in [-0.2, 0) is 4.74 Å². The zero-order chi connectivity index (χ0) is 7.28. The maximum atomic E-state index is 5.11. The van der Waals surface area contributed by atoms with E-state index >= 15 is 0 Å². The molecule has 9 heavy (non-hydrogen) atoms. The molecule has 0 bridgehead atoms. The van der Waals surface area contributed by atoms with Crippen LogP contribution in [0.4, 0.5) is 0 Å². The van der Waals surface area contributed by atoms with Crippen LogP contribution in [0.3, 0.4) is 0 Å². The van der Waals surface area contributed by atoms with E-state index in [9.17, 15) is 0 Å².